The Bertz CT molecular complexity index is 599. The largest absolute Gasteiger partial charge is 0.303 e. The fourth-order valence-corrected chi connectivity index (χ4v) is 4.02. The molecule has 2 atom stereocenters. The molecule has 1 nitrogen and oxygen atoms in total. The maximum atomic E-state index is 13.6. The van der Waals surface area contributed by atoms with Crippen molar-refractivity contribution >= 4 is 11.8 Å². The summed E-state index contributed by atoms with van der Waals surface area (Å²) >= 11 is 1.82. The Labute approximate surface area is 130 Å². The first-order valence-electron chi connectivity index (χ1n) is 7.51. The van der Waals surface area contributed by atoms with E-state index in [-0.39, 0.29) is 11.9 Å². The lowest BCUT2D eigenvalue weighted by atomic mass is 9.98. The van der Waals surface area contributed by atoms with Gasteiger partial charge in [0, 0.05) is 17.0 Å². The molecule has 21 heavy (non-hydrogen) atoms. The molecular weight excluding hydrogens is 281 g/mol. The summed E-state index contributed by atoms with van der Waals surface area (Å²) in [6, 6.07) is 16.2. The molecule has 0 saturated heterocycles. The minimum atomic E-state index is -0.143. The highest BCUT2D eigenvalue weighted by Gasteiger charge is 2.23. The van der Waals surface area contributed by atoms with Crippen LogP contribution in [0.3, 0.4) is 0 Å². The Morgan fingerprint density at radius 2 is 2.05 bits per heavy atom. The molecule has 0 saturated carbocycles. The monoisotopic (exact) mass is 301 g/mol. The van der Waals surface area contributed by atoms with Crippen LogP contribution in [0.5, 0.6) is 0 Å². The molecule has 0 bridgehead atoms. The number of hydrogen-bond acceptors (Lipinski definition) is 2. The van der Waals surface area contributed by atoms with E-state index >= 15 is 0 Å². The first-order chi connectivity index (χ1) is 10.3. The fourth-order valence-electron chi connectivity index (χ4n) is 2.92. The van der Waals surface area contributed by atoms with Crippen molar-refractivity contribution in [3.8, 4) is 0 Å². The van der Waals surface area contributed by atoms with Gasteiger partial charge in [-0.25, -0.2) is 4.39 Å². The van der Waals surface area contributed by atoms with Crippen LogP contribution >= 0.6 is 11.8 Å². The van der Waals surface area contributed by atoms with E-state index in [0.29, 0.717) is 6.04 Å². The van der Waals surface area contributed by atoms with E-state index in [2.05, 4.69) is 36.5 Å². The molecule has 1 aliphatic heterocycles. The Hall–Kier alpha value is -1.32. The van der Waals surface area contributed by atoms with Crippen molar-refractivity contribution in [1.29, 1.82) is 0 Å². The average Bonchev–Trinajstić information content (AvgIpc) is 2.53. The van der Waals surface area contributed by atoms with Crippen molar-refractivity contribution in [1.82, 2.24) is 5.32 Å². The van der Waals surface area contributed by atoms with E-state index in [0.717, 1.165) is 24.2 Å². The Kier molecular flexibility index (Phi) is 4.61. The van der Waals surface area contributed by atoms with Crippen LogP contribution in [0.4, 0.5) is 4.39 Å². The predicted octanol–water partition coefficient (Wildman–Crippen LogP) is 5.10. The Morgan fingerprint density at radius 1 is 1.24 bits per heavy atom. The first kappa shape index (κ1) is 14.6. The van der Waals surface area contributed by atoms with Crippen molar-refractivity contribution in [2.75, 3.05) is 5.75 Å². The quantitative estimate of drug-likeness (QED) is 0.843. The third-order valence-corrected chi connectivity index (χ3v) is 5.15. The lowest BCUT2D eigenvalue weighted by Gasteiger charge is -2.30. The number of benzene rings is 2. The minimum Gasteiger partial charge on any atom is -0.303 e. The van der Waals surface area contributed by atoms with Crippen LogP contribution in [0.15, 0.2) is 53.4 Å². The molecule has 110 valence electrons. The zero-order valence-electron chi connectivity index (χ0n) is 12.2. The summed E-state index contributed by atoms with van der Waals surface area (Å²) in [6.45, 7) is 2.19. The van der Waals surface area contributed by atoms with E-state index in [4.69, 9.17) is 0 Å². The number of nitrogens with one attached hydrogen (secondary N) is 1. The van der Waals surface area contributed by atoms with Crippen LogP contribution in [0.25, 0.3) is 0 Å². The summed E-state index contributed by atoms with van der Waals surface area (Å²) in [5.41, 5.74) is 2.41. The van der Waals surface area contributed by atoms with Gasteiger partial charge in [0.05, 0.1) is 0 Å². The molecule has 3 rings (SSSR count). The summed E-state index contributed by atoms with van der Waals surface area (Å²) < 4.78 is 13.6. The van der Waals surface area contributed by atoms with Crippen LogP contribution in [-0.2, 0) is 0 Å². The number of rotatable bonds is 4. The predicted molar refractivity (Wildman–Crippen MR) is 87.1 cm³/mol. The standard InChI is InChI=1S/C18H20FNS/c1-2-16(13-6-4-3-5-7-13)20-17-10-11-21-18-9-8-14(19)12-15(17)18/h3-9,12,16-17,20H,2,10-11H2,1H3. The number of hydrogen-bond donors (Lipinski definition) is 1. The highest BCUT2D eigenvalue weighted by atomic mass is 32.2. The molecule has 1 N–H and O–H groups in total. The molecule has 0 fully saturated rings. The van der Waals surface area contributed by atoms with Gasteiger partial charge in [0.25, 0.3) is 0 Å². The molecule has 2 aromatic rings. The molecule has 0 spiro atoms. The third-order valence-electron chi connectivity index (χ3n) is 4.02. The Morgan fingerprint density at radius 3 is 2.81 bits per heavy atom. The lowest BCUT2D eigenvalue weighted by Crippen LogP contribution is -2.28. The highest BCUT2D eigenvalue weighted by Crippen LogP contribution is 2.38. The third kappa shape index (κ3) is 3.30. The van der Waals surface area contributed by atoms with Gasteiger partial charge in [-0.05, 0) is 47.9 Å². The normalized spacial score (nSPS) is 19.0. The summed E-state index contributed by atoms with van der Waals surface area (Å²) in [4.78, 5) is 1.21. The number of thioether (sulfide) groups is 1. The van der Waals surface area contributed by atoms with E-state index in [1.807, 2.05) is 23.9 Å². The van der Waals surface area contributed by atoms with E-state index in [1.54, 1.807) is 12.1 Å². The van der Waals surface area contributed by atoms with Gasteiger partial charge in [-0.3, -0.25) is 0 Å². The van der Waals surface area contributed by atoms with Crippen molar-refractivity contribution in [2.45, 2.75) is 36.7 Å². The molecule has 2 unspecified atom stereocenters. The van der Waals surface area contributed by atoms with Crippen LogP contribution in [0.2, 0.25) is 0 Å². The SMILES string of the molecule is CCC(NC1CCSc2ccc(F)cc21)c1ccccc1. The maximum Gasteiger partial charge on any atom is 0.123 e. The van der Waals surface area contributed by atoms with Gasteiger partial charge in [0.15, 0.2) is 0 Å². The average molecular weight is 301 g/mol. The fraction of sp³-hybridized carbons (Fsp3) is 0.333. The summed E-state index contributed by atoms with van der Waals surface area (Å²) in [6.07, 6.45) is 2.07. The van der Waals surface area contributed by atoms with Gasteiger partial charge in [-0.15, -0.1) is 11.8 Å². The summed E-state index contributed by atoms with van der Waals surface area (Å²) in [5.74, 6) is 0.942. The molecular formula is C18H20FNS. The van der Waals surface area contributed by atoms with E-state index in [1.165, 1.54) is 10.5 Å². The molecule has 1 heterocycles. The highest BCUT2D eigenvalue weighted by molar-refractivity contribution is 7.99. The van der Waals surface area contributed by atoms with Crippen LogP contribution < -0.4 is 5.32 Å². The van der Waals surface area contributed by atoms with Gasteiger partial charge < -0.3 is 5.32 Å². The molecule has 2 aromatic carbocycles. The van der Waals surface area contributed by atoms with E-state index < -0.39 is 0 Å². The summed E-state index contributed by atoms with van der Waals surface area (Å²) in [5, 5.41) is 3.73. The zero-order chi connectivity index (χ0) is 14.7. The van der Waals surface area contributed by atoms with Crippen molar-refractivity contribution in [2.24, 2.45) is 0 Å². The number of fused-ring (bicyclic) bond motifs is 1. The molecule has 0 aromatic heterocycles. The topological polar surface area (TPSA) is 12.0 Å². The second-order valence-corrected chi connectivity index (χ2v) is 6.55. The molecule has 0 radical (unpaired) electrons. The van der Waals surface area contributed by atoms with Gasteiger partial charge >= 0.3 is 0 Å². The first-order valence-corrected chi connectivity index (χ1v) is 8.49. The van der Waals surface area contributed by atoms with Gasteiger partial charge in [-0.1, -0.05) is 37.3 Å². The zero-order valence-corrected chi connectivity index (χ0v) is 13.0. The van der Waals surface area contributed by atoms with Gasteiger partial charge in [-0.2, -0.15) is 0 Å². The minimum absolute atomic E-state index is 0.143. The maximum absolute atomic E-state index is 13.6. The van der Waals surface area contributed by atoms with Crippen molar-refractivity contribution < 1.29 is 4.39 Å². The Balaban J connectivity index is 1.84. The summed E-state index contributed by atoms with van der Waals surface area (Å²) in [7, 11) is 0. The lowest BCUT2D eigenvalue weighted by molar-refractivity contribution is 0.419. The molecule has 3 heteroatoms. The second-order valence-electron chi connectivity index (χ2n) is 5.41. The van der Waals surface area contributed by atoms with Crippen LogP contribution in [0.1, 0.15) is 43.0 Å². The molecule has 0 amide bonds. The van der Waals surface area contributed by atoms with Gasteiger partial charge in [0.1, 0.15) is 5.82 Å². The smallest absolute Gasteiger partial charge is 0.123 e. The van der Waals surface area contributed by atoms with E-state index in [9.17, 15) is 4.39 Å². The van der Waals surface area contributed by atoms with Crippen LogP contribution in [0, 0.1) is 5.82 Å². The van der Waals surface area contributed by atoms with Gasteiger partial charge in [0.2, 0.25) is 0 Å². The van der Waals surface area contributed by atoms with Crippen LogP contribution in [-0.4, -0.2) is 5.75 Å². The second kappa shape index (κ2) is 6.63. The molecule has 1 aliphatic rings. The van der Waals surface area contributed by atoms with Crippen molar-refractivity contribution in [3.05, 3.63) is 65.5 Å². The van der Waals surface area contributed by atoms with Crippen molar-refractivity contribution in [3.63, 3.8) is 0 Å². The number of halogens is 1. The molecule has 0 aliphatic carbocycles.